The second kappa shape index (κ2) is 6.24. The number of hydrogen-bond acceptors (Lipinski definition) is 2. The predicted molar refractivity (Wildman–Crippen MR) is 99.9 cm³/mol. The Hall–Kier alpha value is -2.01. The normalized spacial score (nSPS) is 11.4. The molecular formula is C16H11Cl3N4. The van der Waals surface area contributed by atoms with Gasteiger partial charge in [-0.3, -0.25) is 0 Å². The Labute approximate surface area is 147 Å². The van der Waals surface area contributed by atoms with E-state index in [0.717, 1.165) is 27.1 Å². The lowest BCUT2D eigenvalue weighted by molar-refractivity contribution is 1.22. The van der Waals surface area contributed by atoms with Crippen molar-refractivity contribution in [2.45, 2.75) is 0 Å². The third-order valence-electron chi connectivity index (χ3n) is 3.38. The van der Waals surface area contributed by atoms with Crippen LogP contribution in [0.5, 0.6) is 0 Å². The highest BCUT2D eigenvalue weighted by Crippen LogP contribution is 2.37. The number of rotatable bonds is 2. The van der Waals surface area contributed by atoms with Crippen LogP contribution >= 0.6 is 34.8 Å². The van der Waals surface area contributed by atoms with Crippen LogP contribution in [-0.2, 0) is 0 Å². The first kappa shape index (κ1) is 15.9. The fraction of sp³-hybridized carbons (Fsp3) is 0. The van der Waals surface area contributed by atoms with E-state index in [4.69, 9.17) is 46.3 Å². The topological polar surface area (TPSA) is 76.8 Å². The first-order valence-electron chi connectivity index (χ1n) is 6.59. The molecule has 4 nitrogen and oxygen atoms in total. The number of nitrogens with zero attached hydrogens (tertiary/aromatic N) is 2. The Balaban J connectivity index is 2.44. The third kappa shape index (κ3) is 3.06. The van der Waals surface area contributed by atoms with E-state index in [9.17, 15) is 0 Å². The van der Waals surface area contributed by atoms with Gasteiger partial charge in [0.2, 0.25) is 5.96 Å². The minimum Gasteiger partial charge on any atom is -0.369 e. The van der Waals surface area contributed by atoms with Crippen molar-refractivity contribution in [1.29, 1.82) is 0 Å². The number of fused-ring (bicyclic) bond motifs is 2. The van der Waals surface area contributed by atoms with Gasteiger partial charge in [0.25, 0.3) is 0 Å². The standard InChI is InChI=1S/C16H11Cl3N4/c17-8-2-4-11-12(5-8)14(7-22-23-16(20)21)10-3-1-9(18)6-13(10)15(11)19/h1-7H,(H4,20,21,23)/b22-7+. The van der Waals surface area contributed by atoms with E-state index in [1.165, 1.54) is 0 Å². The minimum absolute atomic E-state index is 0.120. The summed E-state index contributed by atoms with van der Waals surface area (Å²) < 4.78 is 0. The van der Waals surface area contributed by atoms with E-state index in [-0.39, 0.29) is 5.96 Å². The summed E-state index contributed by atoms with van der Waals surface area (Å²) in [6.45, 7) is 0. The smallest absolute Gasteiger partial charge is 0.211 e. The molecule has 0 aliphatic heterocycles. The van der Waals surface area contributed by atoms with E-state index >= 15 is 0 Å². The molecule has 0 aliphatic rings. The highest BCUT2D eigenvalue weighted by Gasteiger charge is 2.12. The predicted octanol–water partition coefficient (Wildman–Crippen LogP) is 4.56. The van der Waals surface area contributed by atoms with Crippen LogP contribution in [0.1, 0.15) is 5.56 Å². The van der Waals surface area contributed by atoms with E-state index in [1.807, 2.05) is 24.3 Å². The van der Waals surface area contributed by atoms with Crippen LogP contribution in [0.2, 0.25) is 15.1 Å². The van der Waals surface area contributed by atoms with E-state index in [1.54, 1.807) is 18.3 Å². The average Bonchev–Trinajstić information content (AvgIpc) is 2.50. The monoisotopic (exact) mass is 364 g/mol. The summed E-state index contributed by atoms with van der Waals surface area (Å²) in [6, 6.07) is 10.9. The summed E-state index contributed by atoms with van der Waals surface area (Å²) in [5, 5.41) is 12.8. The van der Waals surface area contributed by atoms with E-state index in [0.29, 0.717) is 15.1 Å². The number of nitrogens with two attached hydrogens (primary N) is 2. The van der Waals surface area contributed by atoms with E-state index < -0.39 is 0 Å². The molecule has 23 heavy (non-hydrogen) atoms. The third-order valence-corrected chi connectivity index (χ3v) is 4.25. The Morgan fingerprint density at radius 1 is 0.826 bits per heavy atom. The molecule has 3 rings (SSSR count). The van der Waals surface area contributed by atoms with Crippen LogP contribution in [0.3, 0.4) is 0 Å². The van der Waals surface area contributed by atoms with Crippen molar-refractivity contribution in [3.63, 3.8) is 0 Å². The van der Waals surface area contributed by atoms with Gasteiger partial charge in [0.1, 0.15) is 0 Å². The second-order valence-corrected chi connectivity index (χ2v) is 6.13. The lowest BCUT2D eigenvalue weighted by Gasteiger charge is -2.11. The Morgan fingerprint density at radius 2 is 1.43 bits per heavy atom. The van der Waals surface area contributed by atoms with Gasteiger partial charge in [0, 0.05) is 26.4 Å². The van der Waals surface area contributed by atoms with Crippen LogP contribution < -0.4 is 11.5 Å². The molecule has 3 aromatic rings. The number of halogens is 3. The molecule has 0 atom stereocenters. The summed E-state index contributed by atoms with van der Waals surface area (Å²) in [7, 11) is 0. The average molecular weight is 366 g/mol. The molecule has 0 saturated carbocycles. The van der Waals surface area contributed by atoms with Crippen LogP contribution in [0.25, 0.3) is 21.5 Å². The van der Waals surface area contributed by atoms with Crippen LogP contribution in [0.4, 0.5) is 0 Å². The zero-order chi connectivity index (χ0) is 16.6. The molecule has 0 fully saturated rings. The van der Waals surface area contributed by atoms with Gasteiger partial charge in [-0.05, 0) is 35.0 Å². The van der Waals surface area contributed by atoms with Gasteiger partial charge in [-0.25, -0.2) is 0 Å². The zero-order valence-corrected chi connectivity index (χ0v) is 14.0. The van der Waals surface area contributed by atoms with Crippen molar-refractivity contribution in [2.24, 2.45) is 21.7 Å². The Bertz CT molecular complexity index is 976. The van der Waals surface area contributed by atoms with Crippen molar-refractivity contribution in [3.8, 4) is 0 Å². The molecule has 3 aromatic carbocycles. The van der Waals surface area contributed by atoms with Gasteiger partial charge in [0.15, 0.2) is 0 Å². The molecule has 0 spiro atoms. The van der Waals surface area contributed by atoms with Crippen LogP contribution in [-0.4, -0.2) is 12.2 Å². The van der Waals surface area contributed by atoms with Crippen molar-refractivity contribution >= 4 is 68.5 Å². The lowest BCUT2D eigenvalue weighted by atomic mass is 9.97. The van der Waals surface area contributed by atoms with Gasteiger partial charge in [-0.1, -0.05) is 46.9 Å². The highest BCUT2D eigenvalue weighted by atomic mass is 35.5. The SMILES string of the molecule is NC(N)=N/N=C/c1c2ccc(Cl)cc2c(Cl)c2ccc(Cl)cc12. The maximum atomic E-state index is 6.54. The molecule has 4 N–H and O–H groups in total. The van der Waals surface area contributed by atoms with Crippen LogP contribution in [0, 0.1) is 0 Å². The second-order valence-electron chi connectivity index (χ2n) is 4.88. The van der Waals surface area contributed by atoms with E-state index in [2.05, 4.69) is 10.2 Å². The molecule has 0 saturated heterocycles. The number of hydrogen-bond donors (Lipinski definition) is 2. The lowest BCUT2D eigenvalue weighted by Crippen LogP contribution is -2.21. The maximum Gasteiger partial charge on any atom is 0.211 e. The molecule has 7 heteroatoms. The fourth-order valence-electron chi connectivity index (χ4n) is 2.45. The summed E-state index contributed by atoms with van der Waals surface area (Å²) >= 11 is 18.8. The quantitative estimate of drug-likeness (QED) is 0.302. The summed E-state index contributed by atoms with van der Waals surface area (Å²) in [5.41, 5.74) is 11.4. The van der Waals surface area contributed by atoms with Crippen molar-refractivity contribution in [3.05, 3.63) is 57.0 Å². The number of guanidine groups is 1. The van der Waals surface area contributed by atoms with Gasteiger partial charge in [-0.15, -0.1) is 5.10 Å². The van der Waals surface area contributed by atoms with Gasteiger partial charge < -0.3 is 11.5 Å². The zero-order valence-electron chi connectivity index (χ0n) is 11.7. The molecule has 0 heterocycles. The van der Waals surface area contributed by atoms with Gasteiger partial charge >= 0.3 is 0 Å². The fourth-order valence-corrected chi connectivity index (χ4v) is 3.11. The van der Waals surface area contributed by atoms with Gasteiger partial charge in [-0.2, -0.15) is 5.10 Å². The summed E-state index contributed by atoms with van der Waals surface area (Å²) in [6.07, 6.45) is 1.57. The summed E-state index contributed by atoms with van der Waals surface area (Å²) in [5.74, 6) is -0.120. The molecule has 0 radical (unpaired) electrons. The molecular weight excluding hydrogens is 355 g/mol. The first-order valence-corrected chi connectivity index (χ1v) is 7.72. The maximum absolute atomic E-state index is 6.54. The van der Waals surface area contributed by atoms with Crippen molar-refractivity contribution in [1.82, 2.24) is 0 Å². The molecule has 0 unspecified atom stereocenters. The highest BCUT2D eigenvalue weighted by molar-refractivity contribution is 6.43. The van der Waals surface area contributed by atoms with Crippen molar-refractivity contribution < 1.29 is 0 Å². The molecule has 0 amide bonds. The van der Waals surface area contributed by atoms with Gasteiger partial charge in [0.05, 0.1) is 11.2 Å². The Kier molecular flexibility index (Phi) is 4.31. The molecule has 0 aliphatic carbocycles. The minimum atomic E-state index is -0.120. The first-order chi connectivity index (χ1) is 11.0. The number of benzene rings is 3. The molecule has 0 bridgehead atoms. The van der Waals surface area contributed by atoms with Crippen molar-refractivity contribution in [2.75, 3.05) is 0 Å². The molecule has 116 valence electrons. The Morgan fingerprint density at radius 3 is 2.09 bits per heavy atom. The molecule has 0 aromatic heterocycles. The largest absolute Gasteiger partial charge is 0.369 e. The summed E-state index contributed by atoms with van der Waals surface area (Å²) in [4.78, 5) is 0. The van der Waals surface area contributed by atoms with Crippen LogP contribution in [0.15, 0.2) is 46.6 Å².